The maximum Gasteiger partial charge on any atom is 0.261 e. The summed E-state index contributed by atoms with van der Waals surface area (Å²) in [6.07, 6.45) is 2.77. The molecule has 1 aromatic carbocycles. The smallest absolute Gasteiger partial charge is 0.261 e. The minimum absolute atomic E-state index is 0. The Hall–Kier alpha value is -1.01. The van der Waals surface area contributed by atoms with Gasteiger partial charge in [-0.05, 0) is 37.9 Å². The first-order valence-corrected chi connectivity index (χ1v) is 9.06. The van der Waals surface area contributed by atoms with Gasteiger partial charge in [0.05, 0.1) is 12.5 Å². The Balaban J connectivity index is 0.00000338. The molecule has 154 valence electrons. The predicted molar refractivity (Wildman–Crippen MR) is 118 cm³/mol. The number of hydrogen-bond donors (Lipinski definition) is 1. The van der Waals surface area contributed by atoms with Crippen molar-refractivity contribution < 1.29 is 4.74 Å². The Kier molecular flexibility index (Phi) is 10.7. The molecule has 0 amide bonds. The number of methoxy groups -OCH3 is 1. The molecule has 0 fully saturated rings. The molecule has 1 aromatic heterocycles. The van der Waals surface area contributed by atoms with Crippen LogP contribution in [0.3, 0.4) is 0 Å². The number of nitrogens with zero attached hydrogens (tertiary/aromatic N) is 2. The van der Waals surface area contributed by atoms with Gasteiger partial charge in [-0.15, -0.1) is 24.8 Å². The topological polar surface area (TPSA) is 56.2 Å². The zero-order valence-corrected chi connectivity index (χ0v) is 19.0. The van der Waals surface area contributed by atoms with Gasteiger partial charge >= 0.3 is 0 Å². The van der Waals surface area contributed by atoms with E-state index >= 15 is 0 Å². The Bertz CT molecular complexity index is 801. The molecule has 0 saturated carbocycles. The van der Waals surface area contributed by atoms with Gasteiger partial charge in [0.15, 0.2) is 0 Å². The molecule has 0 unspecified atom stereocenters. The fourth-order valence-electron chi connectivity index (χ4n) is 2.87. The zero-order chi connectivity index (χ0) is 18.6. The van der Waals surface area contributed by atoms with Crippen LogP contribution < -0.4 is 15.6 Å². The van der Waals surface area contributed by atoms with Crippen molar-refractivity contribution in [1.82, 2.24) is 14.9 Å². The standard InChI is InChI=1S/C19H28ClN3O2.2ClH/c1-19(2,3)12-23-16(8-6-7-9-21-4)22-17-14(18(23)24)10-13(20)11-15(17)25-5;;/h10-11,21H,6-9,12H2,1-5H3;2*1H. The van der Waals surface area contributed by atoms with Gasteiger partial charge in [0, 0.05) is 24.1 Å². The molecule has 0 saturated heterocycles. The summed E-state index contributed by atoms with van der Waals surface area (Å²) < 4.78 is 7.20. The molecule has 0 spiro atoms. The second-order valence-corrected chi connectivity index (χ2v) is 7.98. The minimum Gasteiger partial charge on any atom is -0.494 e. The molecule has 8 heteroatoms. The van der Waals surface area contributed by atoms with Gasteiger partial charge < -0.3 is 10.1 Å². The summed E-state index contributed by atoms with van der Waals surface area (Å²) in [6, 6.07) is 3.38. The maximum absolute atomic E-state index is 13.1. The Morgan fingerprint density at radius 1 is 1.22 bits per heavy atom. The summed E-state index contributed by atoms with van der Waals surface area (Å²) >= 11 is 6.16. The zero-order valence-electron chi connectivity index (χ0n) is 16.6. The van der Waals surface area contributed by atoms with E-state index in [-0.39, 0.29) is 35.8 Å². The van der Waals surface area contributed by atoms with Gasteiger partial charge in [0.1, 0.15) is 17.1 Å². The van der Waals surface area contributed by atoms with E-state index in [9.17, 15) is 4.79 Å². The third kappa shape index (κ3) is 6.83. The fourth-order valence-corrected chi connectivity index (χ4v) is 3.08. The lowest BCUT2D eigenvalue weighted by Gasteiger charge is -2.23. The van der Waals surface area contributed by atoms with E-state index in [4.69, 9.17) is 21.3 Å². The van der Waals surface area contributed by atoms with Crippen LogP contribution in [0.1, 0.15) is 39.4 Å². The fraction of sp³-hybridized carbons (Fsp3) is 0.579. The summed E-state index contributed by atoms with van der Waals surface area (Å²) in [7, 11) is 3.51. The van der Waals surface area contributed by atoms with Crippen molar-refractivity contribution in [3.63, 3.8) is 0 Å². The lowest BCUT2D eigenvalue weighted by molar-refractivity contribution is 0.330. The molecule has 0 bridgehead atoms. The Morgan fingerprint density at radius 2 is 1.89 bits per heavy atom. The van der Waals surface area contributed by atoms with E-state index < -0.39 is 0 Å². The highest BCUT2D eigenvalue weighted by atomic mass is 35.5. The van der Waals surface area contributed by atoms with Gasteiger partial charge in [-0.2, -0.15) is 0 Å². The lowest BCUT2D eigenvalue weighted by atomic mass is 9.96. The summed E-state index contributed by atoms with van der Waals surface area (Å²) in [5.41, 5.74) is 0.511. The number of rotatable bonds is 7. The van der Waals surface area contributed by atoms with E-state index in [1.807, 2.05) is 7.05 Å². The van der Waals surface area contributed by atoms with Crippen molar-refractivity contribution >= 4 is 47.3 Å². The lowest BCUT2D eigenvalue weighted by Crippen LogP contribution is -2.31. The van der Waals surface area contributed by atoms with Crippen molar-refractivity contribution in [1.29, 1.82) is 0 Å². The van der Waals surface area contributed by atoms with Crippen molar-refractivity contribution in [2.24, 2.45) is 5.41 Å². The number of benzene rings is 1. The van der Waals surface area contributed by atoms with Crippen LogP contribution in [-0.4, -0.2) is 30.3 Å². The SMILES string of the molecule is CNCCCCc1nc2c(OC)cc(Cl)cc2c(=O)n1CC(C)(C)C.Cl.Cl. The number of ether oxygens (including phenoxy) is 1. The molecule has 5 nitrogen and oxygen atoms in total. The number of halogens is 3. The first-order chi connectivity index (χ1) is 11.8. The molecule has 0 atom stereocenters. The quantitative estimate of drug-likeness (QED) is 0.647. The van der Waals surface area contributed by atoms with Crippen LogP contribution in [0.15, 0.2) is 16.9 Å². The molecule has 1 heterocycles. The number of fused-ring (bicyclic) bond motifs is 1. The van der Waals surface area contributed by atoms with Crippen molar-refractivity contribution in [2.45, 2.75) is 46.6 Å². The summed E-state index contributed by atoms with van der Waals surface area (Å²) in [5, 5.41) is 4.13. The second-order valence-electron chi connectivity index (χ2n) is 7.54. The van der Waals surface area contributed by atoms with Crippen molar-refractivity contribution in [2.75, 3.05) is 20.7 Å². The molecular weight excluding hydrogens is 409 g/mol. The average molecular weight is 439 g/mol. The molecule has 0 aliphatic carbocycles. The molecule has 27 heavy (non-hydrogen) atoms. The monoisotopic (exact) mass is 437 g/mol. The van der Waals surface area contributed by atoms with Crippen LogP contribution in [0, 0.1) is 5.41 Å². The first kappa shape index (κ1) is 26.0. The predicted octanol–water partition coefficient (Wildman–Crippen LogP) is 4.49. The van der Waals surface area contributed by atoms with E-state index in [2.05, 4.69) is 26.1 Å². The molecule has 2 rings (SSSR count). The number of hydrogen-bond acceptors (Lipinski definition) is 4. The number of aryl methyl sites for hydroxylation is 1. The molecule has 0 aliphatic heterocycles. The average Bonchev–Trinajstić information content (AvgIpc) is 2.53. The van der Waals surface area contributed by atoms with Crippen LogP contribution in [0.2, 0.25) is 5.02 Å². The van der Waals surface area contributed by atoms with Gasteiger partial charge in [0.25, 0.3) is 5.56 Å². The van der Waals surface area contributed by atoms with Gasteiger partial charge in [-0.1, -0.05) is 32.4 Å². The third-order valence-electron chi connectivity index (χ3n) is 4.00. The largest absolute Gasteiger partial charge is 0.494 e. The van der Waals surface area contributed by atoms with E-state index in [1.54, 1.807) is 23.8 Å². The minimum atomic E-state index is -0.0515. The van der Waals surface area contributed by atoms with Gasteiger partial charge in [-0.3, -0.25) is 9.36 Å². The molecule has 1 N–H and O–H groups in total. The summed E-state index contributed by atoms with van der Waals surface area (Å²) in [6.45, 7) is 7.92. The van der Waals surface area contributed by atoms with Crippen molar-refractivity contribution in [3.05, 3.63) is 33.3 Å². The van der Waals surface area contributed by atoms with Gasteiger partial charge in [-0.25, -0.2) is 4.98 Å². The third-order valence-corrected chi connectivity index (χ3v) is 4.22. The van der Waals surface area contributed by atoms with Crippen LogP contribution in [0.25, 0.3) is 10.9 Å². The molecule has 0 aliphatic rings. The summed E-state index contributed by atoms with van der Waals surface area (Å²) in [4.78, 5) is 17.9. The first-order valence-electron chi connectivity index (χ1n) is 8.68. The molecule has 0 radical (unpaired) electrons. The molecular formula is C19H30Cl3N3O2. The maximum atomic E-state index is 13.1. The molecule has 2 aromatic rings. The number of aromatic nitrogens is 2. The van der Waals surface area contributed by atoms with Crippen LogP contribution in [0.4, 0.5) is 0 Å². The summed E-state index contributed by atoms with van der Waals surface area (Å²) in [5.74, 6) is 1.35. The highest BCUT2D eigenvalue weighted by Crippen LogP contribution is 2.27. The Labute approximate surface area is 178 Å². The van der Waals surface area contributed by atoms with E-state index in [0.29, 0.717) is 28.2 Å². The van der Waals surface area contributed by atoms with Crippen LogP contribution in [-0.2, 0) is 13.0 Å². The highest BCUT2D eigenvalue weighted by Gasteiger charge is 2.19. The second kappa shape index (κ2) is 11.1. The van der Waals surface area contributed by atoms with Crippen LogP contribution in [0.5, 0.6) is 5.75 Å². The van der Waals surface area contributed by atoms with E-state index in [0.717, 1.165) is 31.6 Å². The number of unbranched alkanes of at least 4 members (excludes halogenated alkanes) is 1. The number of nitrogens with one attached hydrogen (secondary N) is 1. The normalized spacial score (nSPS) is 11.0. The van der Waals surface area contributed by atoms with E-state index in [1.165, 1.54) is 0 Å². The van der Waals surface area contributed by atoms with Gasteiger partial charge in [0.2, 0.25) is 0 Å². The Morgan fingerprint density at radius 3 is 2.44 bits per heavy atom. The van der Waals surface area contributed by atoms with Crippen molar-refractivity contribution in [3.8, 4) is 5.75 Å². The highest BCUT2D eigenvalue weighted by molar-refractivity contribution is 6.31. The van der Waals surface area contributed by atoms with Crippen LogP contribution >= 0.6 is 36.4 Å².